The van der Waals surface area contributed by atoms with Crippen LogP contribution in [-0.2, 0) is 6.54 Å². The van der Waals surface area contributed by atoms with Gasteiger partial charge in [0, 0.05) is 10.0 Å². The third-order valence-corrected chi connectivity index (χ3v) is 3.03. The molecule has 0 spiro atoms. The van der Waals surface area contributed by atoms with E-state index in [4.69, 9.17) is 16.0 Å². The highest BCUT2D eigenvalue weighted by molar-refractivity contribution is 9.10. The zero-order valence-electron chi connectivity index (χ0n) is 8.76. The van der Waals surface area contributed by atoms with E-state index >= 15 is 0 Å². The van der Waals surface area contributed by atoms with E-state index < -0.39 is 0 Å². The maximum atomic E-state index is 6.12. The molecule has 1 aromatic carbocycles. The van der Waals surface area contributed by atoms with E-state index in [0.29, 0.717) is 11.6 Å². The second-order valence-electron chi connectivity index (χ2n) is 3.42. The molecule has 0 fully saturated rings. The lowest BCUT2D eigenvalue weighted by Crippen LogP contribution is -2.03. The number of halogens is 2. The van der Waals surface area contributed by atoms with Gasteiger partial charge >= 0.3 is 0 Å². The van der Waals surface area contributed by atoms with E-state index in [9.17, 15) is 0 Å². The van der Waals surface area contributed by atoms with Gasteiger partial charge in [0.1, 0.15) is 11.5 Å². The molecule has 0 aliphatic heterocycles. The molecule has 0 aliphatic carbocycles. The zero-order chi connectivity index (χ0) is 11.5. The van der Waals surface area contributed by atoms with E-state index in [1.807, 2.05) is 37.4 Å². The van der Waals surface area contributed by atoms with Gasteiger partial charge in [0.2, 0.25) is 0 Å². The maximum Gasteiger partial charge on any atom is 0.135 e. The van der Waals surface area contributed by atoms with Crippen molar-refractivity contribution in [2.45, 2.75) is 6.54 Å². The number of hydrogen-bond acceptors (Lipinski definition) is 2. The predicted molar refractivity (Wildman–Crippen MR) is 69.6 cm³/mol. The Morgan fingerprint density at radius 1 is 1.31 bits per heavy atom. The van der Waals surface area contributed by atoms with Crippen molar-refractivity contribution >= 4 is 27.5 Å². The molecule has 0 saturated carbocycles. The summed E-state index contributed by atoms with van der Waals surface area (Å²) < 4.78 is 6.66. The molecule has 1 N–H and O–H groups in total. The monoisotopic (exact) mass is 299 g/mol. The van der Waals surface area contributed by atoms with Gasteiger partial charge in [0.25, 0.3) is 0 Å². The molecule has 2 nitrogen and oxygen atoms in total. The molecular weight excluding hydrogens is 289 g/mol. The van der Waals surface area contributed by atoms with Crippen LogP contribution in [0.15, 0.2) is 39.2 Å². The number of furan rings is 1. The Kier molecular flexibility index (Phi) is 3.69. The summed E-state index contributed by atoms with van der Waals surface area (Å²) in [4.78, 5) is 0. The number of hydrogen-bond donors (Lipinski definition) is 1. The fourth-order valence-corrected chi connectivity index (χ4v) is 2.05. The molecule has 16 heavy (non-hydrogen) atoms. The lowest BCUT2D eigenvalue weighted by Gasteiger charge is -2.01. The first-order chi connectivity index (χ1) is 7.70. The van der Waals surface area contributed by atoms with Crippen molar-refractivity contribution in [2.75, 3.05) is 7.05 Å². The second kappa shape index (κ2) is 5.04. The summed E-state index contributed by atoms with van der Waals surface area (Å²) in [5.74, 6) is 1.69. The van der Waals surface area contributed by atoms with Crippen LogP contribution in [-0.4, -0.2) is 7.05 Å². The van der Waals surface area contributed by atoms with Crippen molar-refractivity contribution in [2.24, 2.45) is 0 Å². The maximum absolute atomic E-state index is 6.12. The highest BCUT2D eigenvalue weighted by atomic mass is 79.9. The Morgan fingerprint density at radius 3 is 2.88 bits per heavy atom. The van der Waals surface area contributed by atoms with E-state index in [-0.39, 0.29) is 0 Å². The minimum atomic E-state index is 0.688. The molecule has 2 aromatic rings. The van der Waals surface area contributed by atoms with E-state index in [0.717, 1.165) is 21.6 Å². The first kappa shape index (κ1) is 11.7. The van der Waals surface area contributed by atoms with Crippen molar-refractivity contribution in [1.82, 2.24) is 5.32 Å². The topological polar surface area (TPSA) is 25.2 Å². The molecule has 1 heterocycles. The smallest absolute Gasteiger partial charge is 0.135 e. The first-order valence-electron chi connectivity index (χ1n) is 4.89. The van der Waals surface area contributed by atoms with Gasteiger partial charge < -0.3 is 9.73 Å². The lowest BCUT2D eigenvalue weighted by molar-refractivity contribution is 0.507. The summed E-state index contributed by atoms with van der Waals surface area (Å²) in [5, 5.41) is 3.73. The van der Waals surface area contributed by atoms with Crippen LogP contribution in [0.4, 0.5) is 0 Å². The quantitative estimate of drug-likeness (QED) is 0.924. The zero-order valence-corrected chi connectivity index (χ0v) is 11.1. The molecule has 0 radical (unpaired) electrons. The molecule has 2 rings (SSSR count). The second-order valence-corrected chi connectivity index (χ2v) is 4.74. The Labute approximate surface area is 108 Å². The molecule has 4 heteroatoms. The number of nitrogens with one attached hydrogen (secondary N) is 1. The van der Waals surface area contributed by atoms with Crippen LogP contribution in [0.3, 0.4) is 0 Å². The highest BCUT2D eigenvalue weighted by Crippen LogP contribution is 2.31. The first-order valence-corrected chi connectivity index (χ1v) is 6.06. The Hall–Kier alpha value is -0.770. The standard InChI is InChI=1S/C12H11BrClNO/c1-15-7-9-3-5-12(16-9)10-6-8(13)2-4-11(10)14/h2-6,15H,7H2,1H3. The van der Waals surface area contributed by atoms with Crippen LogP contribution in [0.2, 0.25) is 5.02 Å². The van der Waals surface area contributed by atoms with Crippen LogP contribution in [0, 0.1) is 0 Å². The van der Waals surface area contributed by atoms with E-state index in [1.54, 1.807) is 0 Å². The predicted octanol–water partition coefficient (Wildman–Crippen LogP) is 4.08. The van der Waals surface area contributed by atoms with Crippen LogP contribution in [0.1, 0.15) is 5.76 Å². The van der Waals surface area contributed by atoms with Gasteiger partial charge in [-0.2, -0.15) is 0 Å². The van der Waals surface area contributed by atoms with Crippen LogP contribution in [0.25, 0.3) is 11.3 Å². The average Bonchev–Trinajstić information content (AvgIpc) is 2.71. The number of rotatable bonds is 3. The summed E-state index contributed by atoms with van der Waals surface area (Å²) in [7, 11) is 1.88. The summed E-state index contributed by atoms with van der Waals surface area (Å²) in [6, 6.07) is 9.58. The van der Waals surface area contributed by atoms with Gasteiger partial charge in [-0.25, -0.2) is 0 Å². The van der Waals surface area contributed by atoms with Gasteiger partial charge in [-0.3, -0.25) is 0 Å². The Bertz CT molecular complexity index is 496. The molecule has 0 bridgehead atoms. The van der Waals surface area contributed by atoms with Crippen molar-refractivity contribution in [1.29, 1.82) is 0 Å². The lowest BCUT2D eigenvalue weighted by atomic mass is 10.2. The van der Waals surface area contributed by atoms with E-state index in [1.165, 1.54) is 0 Å². The summed E-state index contributed by atoms with van der Waals surface area (Å²) in [6.07, 6.45) is 0. The van der Waals surface area contributed by atoms with Crippen molar-refractivity contribution in [3.05, 3.63) is 45.6 Å². The van der Waals surface area contributed by atoms with Gasteiger partial charge in [-0.05, 0) is 37.4 Å². The molecule has 0 saturated heterocycles. The third-order valence-electron chi connectivity index (χ3n) is 2.21. The molecule has 0 unspecified atom stereocenters. The highest BCUT2D eigenvalue weighted by Gasteiger charge is 2.08. The van der Waals surface area contributed by atoms with Gasteiger partial charge in [-0.15, -0.1) is 0 Å². The SMILES string of the molecule is CNCc1ccc(-c2cc(Br)ccc2Cl)o1. The largest absolute Gasteiger partial charge is 0.460 e. The van der Waals surface area contributed by atoms with Crippen LogP contribution >= 0.6 is 27.5 Å². The number of benzene rings is 1. The third kappa shape index (κ3) is 2.48. The normalized spacial score (nSPS) is 10.7. The molecule has 0 amide bonds. The molecule has 1 aromatic heterocycles. The minimum Gasteiger partial charge on any atom is -0.460 e. The van der Waals surface area contributed by atoms with Crippen LogP contribution in [0.5, 0.6) is 0 Å². The van der Waals surface area contributed by atoms with Crippen molar-refractivity contribution in [3.63, 3.8) is 0 Å². The summed E-state index contributed by atoms with van der Waals surface area (Å²) in [5.41, 5.74) is 0.901. The molecular formula is C12H11BrClNO. The van der Waals surface area contributed by atoms with Crippen molar-refractivity contribution in [3.8, 4) is 11.3 Å². The molecule has 84 valence electrons. The summed E-state index contributed by atoms with van der Waals surface area (Å²) in [6.45, 7) is 0.714. The Morgan fingerprint density at radius 2 is 2.12 bits per heavy atom. The van der Waals surface area contributed by atoms with Crippen LogP contribution < -0.4 is 5.32 Å². The molecule has 0 atom stereocenters. The molecule has 0 aliphatic rings. The average molecular weight is 301 g/mol. The van der Waals surface area contributed by atoms with Gasteiger partial charge in [-0.1, -0.05) is 27.5 Å². The Balaban J connectivity index is 2.38. The van der Waals surface area contributed by atoms with Gasteiger partial charge in [0.05, 0.1) is 11.6 Å². The van der Waals surface area contributed by atoms with Gasteiger partial charge in [0.15, 0.2) is 0 Å². The van der Waals surface area contributed by atoms with E-state index in [2.05, 4.69) is 21.2 Å². The van der Waals surface area contributed by atoms with Crippen molar-refractivity contribution < 1.29 is 4.42 Å². The minimum absolute atomic E-state index is 0.688. The summed E-state index contributed by atoms with van der Waals surface area (Å²) >= 11 is 9.54. The fraction of sp³-hybridized carbons (Fsp3) is 0.167. The fourth-order valence-electron chi connectivity index (χ4n) is 1.48.